The molecule has 1 heterocycles. The topological polar surface area (TPSA) is 90.4 Å². The Kier molecular flexibility index (Phi) is 6.04. The summed E-state index contributed by atoms with van der Waals surface area (Å²) in [7, 11) is 0. The van der Waals surface area contributed by atoms with Crippen LogP contribution in [0.2, 0.25) is 0 Å². The third-order valence-corrected chi connectivity index (χ3v) is 3.53. The molecule has 0 aliphatic carbocycles. The first-order valence-corrected chi connectivity index (χ1v) is 7.96. The number of rotatable bonds is 7. The fraction of sp³-hybridized carbons (Fsp3) is 0.333. The lowest BCUT2D eigenvalue weighted by Crippen LogP contribution is -2.11. The fourth-order valence-electron chi connectivity index (χ4n) is 1.77. The monoisotopic (exact) mass is 335 g/mol. The quantitative estimate of drug-likeness (QED) is 0.781. The number of ether oxygens (including phenoxy) is 2. The van der Waals surface area contributed by atoms with Crippen molar-refractivity contribution < 1.29 is 19.1 Å². The first-order valence-electron chi connectivity index (χ1n) is 7.14. The number of hydrogen-bond donors (Lipinski definition) is 1. The number of esters is 1. The van der Waals surface area contributed by atoms with Crippen LogP contribution in [0.5, 0.6) is 5.75 Å². The summed E-state index contributed by atoms with van der Waals surface area (Å²) in [5, 5.41) is 11.2. The summed E-state index contributed by atoms with van der Waals surface area (Å²) in [5.74, 6) is -0.0586. The van der Waals surface area contributed by atoms with Crippen molar-refractivity contribution >= 4 is 28.3 Å². The molecule has 0 aliphatic heterocycles. The van der Waals surface area contributed by atoms with E-state index in [9.17, 15) is 9.59 Å². The lowest BCUT2D eigenvalue weighted by atomic mass is 10.2. The van der Waals surface area contributed by atoms with Gasteiger partial charge in [0, 0.05) is 5.56 Å². The SMILES string of the molecule is CCOC(=O)Cc1nnc(NC(=O)c2cccc(OCC)c2)s1. The van der Waals surface area contributed by atoms with Crippen molar-refractivity contribution in [1.29, 1.82) is 0 Å². The smallest absolute Gasteiger partial charge is 0.312 e. The Balaban J connectivity index is 1.99. The Morgan fingerprint density at radius 3 is 2.78 bits per heavy atom. The first kappa shape index (κ1) is 16.9. The minimum Gasteiger partial charge on any atom is -0.494 e. The highest BCUT2D eigenvalue weighted by Crippen LogP contribution is 2.19. The lowest BCUT2D eigenvalue weighted by Gasteiger charge is -2.05. The minimum absolute atomic E-state index is 0.0429. The minimum atomic E-state index is -0.369. The van der Waals surface area contributed by atoms with Gasteiger partial charge >= 0.3 is 5.97 Å². The van der Waals surface area contributed by atoms with Crippen molar-refractivity contribution in [2.45, 2.75) is 20.3 Å². The van der Waals surface area contributed by atoms with Gasteiger partial charge in [-0.15, -0.1) is 10.2 Å². The molecule has 0 radical (unpaired) electrons. The summed E-state index contributed by atoms with van der Waals surface area (Å²) in [6.07, 6.45) is 0.0429. The average Bonchev–Trinajstić information content (AvgIpc) is 2.95. The number of hydrogen-bond acceptors (Lipinski definition) is 7. The molecule has 2 rings (SSSR count). The zero-order valence-electron chi connectivity index (χ0n) is 12.9. The summed E-state index contributed by atoms with van der Waals surface area (Å²) < 4.78 is 10.2. The normalized spacial score (nSPS) is 10.2. The second-order valence-electron chi connectivity index (χ2n) is 4.40. The second-order valence-corrected chi connectivity index (χ2v) is 5.46. The van der Waals surface area contributed by atoms with Gasteiger partial charge in [0.1, 0.15) is 10.8 Å². The standard InChI is InChI=1S/C15H17N3O4S/c1-3-21-11-7-5-6-10(8-11)14(20)16-15-18-17-12(23-15)9-13(19)22-4-2/h5-8H,3-4,9H2,1-2H3,(H,16,18,20). The Hall–Kier alpha value is -2.48. The van der Waals surface area contributed by atoms with E-state index in [0.29, 0.717) is 34.7 Å². The molecule has 1 aromatic carbocycles. The summed E-state index contributed by atoms with van der Waals surface area (Å²) in [6.45, 7) is 4.45. The molecule has 0 bridgehead atoms. The Bertz CT molecular complexity index is 687. The summed E-state index contributed by atoms with van der Waals surface area (Å²) in [6, 6.07) is 6.85. The number of anilines is 1. The maximum Gasteiger partial charge on any atom is 0.312 e. The predicted molar refractivity (Wildman–Crippen MR) is 85.8 cm³/mol. The van der Waals surface area contributed by atoms with E-state index in [1.165, 1.54) is 0 Å². The molecule has 0 spiro atoms. The van der Waals surface area contributed by atoms with Crippen molar-refractivity contribution in [2.75, 3.05) is 18.5 Å². The van der Waals surface area contributed by atoms with Crippen LogP contribution in [0, 0.1) is 0 Å². The number of carbonyl (C=O) groups excluding carboxylic acids is 2. The Morgan fingerprint density at radius 2 is 2.04 bits per heavy atom. The molecular formula is C15H17N3O4S. The Labute approximate surface area is 137 Å². The van der Waals surface area contributed by atoms with E-state index in [4.69, 9.17) is 9.47 Å². The van der Waals surface area contributed by atoms with Gasteiger partial charge in [0.05, 0.1) is 19.6 Å². The molecule has 0 atom stereocenters. The third-order valence-electron chi connectivity index (χ3n) is 2.70. The van der Waals surface area contributed by atoms with Gasteiger partial charge < -0.3 is 9.47 Å². The molecule has 23 heavy (non-hydrogen) atoms. The van der Waals surface area contributed by atoms with Crippen molar-refractivity contribution in [3.05, 3.63) is 34.8 Å². The van der Waals surface area contributed by atoms with E-state index in [1.54, 1.807) is 31.2 Å². The highest BCUT2D eigenvalue weighted by Gasteiger charge is 2.13. The van der Waals surface area contributed by atoms with Gasteiger partial charge in [-0.05, 0) is 32.0 Å². The van der Waals surface area contributed by atoms with E-state index in [1.807, 2.05) is 6.92 Å². The van der Waals surface area contributed by atoms with Crippen LogP contribution in [0.1, 0.15) is 29.2 Å². The molecule has 7 nitrogen and oxygen atoms in total. The van der Waals surface area contributed by atoms with Crippen molar-refractivity contribution in [2.24, 2.45) is 0 Å². The molecule has 0 saturated heterocycles. The summed E-state index contributed by atoms with van der Waals surface area (Å²) in [5.41, 5.74) is 0.457. The number of benzene rings is 1. The zero-order valence-corrected chi connectivity index (χ0v) is 13.7. The molecule has 8 heteroatoms. The van der Waals surface area contributed by atoms with E-state index < -0.39 is 0 Å². The van der Waals surface area contributed by atoms with Gasteiger partial charge in [0.2, 0.25) is 5.13 Å². The number of aromatic nitrogens is 2. The largest absolute Gasteiger partial charge is 0.494 e. The van der Waals surface area contributed by atoms with Crippen LogP contribution in [0.15, 0.2) is 24.3 Å². The van der Waals surface area contributed by atoms with Crippen molar-refractivity contribution in [1.82, 2.24) is 10.2 Å². The van der Waals surface area contributed by atoms with Crippen LogP contribution in [0.25, 0.3) is 0 Å². The maximum atomic E-state index is 12.2. The van der Waals surface area contributed by atoms with E-state index in [0.717, 1.165) is 11.3 Å². The van der Waals surface area contributed by atoms with Crippen LogP contribution in [0.3, 0.4) is 0 Å². The van der Waals surface area contributed by atoms with Crippen LogP contribution in [-0.4, -0.2) is 35.3 Å². The number of nitrogens with one attached hydrogen (secondary N) is 1. The highest BCUT2D eigenvalue weighted by atomic mass is 32.1. The van der Waals surface area contributed by atoms with E-state index in [-0.39, 0.29) is 18.3 Å². The zero-order chi connectivity index (χ0) is 16.7. The van der Waals surface area contributed by atoms with Gasteiger partial charge in [0.25, 0.3) is 5.91 Å². The van der Waals surface area contributed by atoms with Gasteiger partial charge in [-0.2, -0.15) is 0 Å². The van der Waals surface area contributed by atoms with Gasteiger partial charge in [0.15, 0.2) is 0 Å². The molecular weight excluding hydrogens is 318 g/mol. The molecule has 1 amide bonds. The van der Waals surface area contributed by atoms with Gasteiger partial charge in [-0.3, -0.25) is 14.9 Å². The second kappa shape index (κ2) is 8.23. The lowest BCUT2D eigenvalue weighted by molar-refractivity contribution is -0.142. The third kappa shape index (κ3) is 5.03. The highest BCUT2D eigenvalue weighted by molar-refractivity contribution is 7.15. The van der Waals surface area contributed by atoms with E-state index in [2.05, 4.69) is 15.5 Å². The average molecular weight is 335 g/mol. The molecule has 0 fully saturated rings. The molecule has 0 aliphatic rings. The number of nitrogens with zero attached hydrogens (tertiary/aromatic N) is 2. The molecule has 1 N–H and O–H groups in total. The first-order chi connectivity index (χ1) is 11.1. The summed E-state index contributed by atoms with van der Waals surface area (Å²) in [4.78, 5) is 23.6. The molecule has 122 valence electrons. The van der Waals surface area contributed by atoms with E-state index >= 15 is 0 Å². The van der Waals surface area contributed by atoms with Crippen molar-refractivity contribution in [3.63, 3.8) is 0 Å². The van der Waals surface area contributed by atoms with Crippen LogP contribution in [-0.2, 0) is 16.0 Å². The summed E-state index contributed by atoms with van der Waals surface area (Å²) >= 11 is 1.14. The maximum absolute atomic E-state index is 12.2. The van der Waals surface area contributed by atoms with Crippen LogP contribution >= 0.6 is 11.3 Å². The van der Waals surface area contributed by atoms with Gasteiger partial charge in [-0.1, -0.05) is 17.4 Å². The Morgan fingerprint density at radius 1 is 1.22 bits per heavy atom. The van der Waals surface area contributed by atoms with Crippen LogP contribution in [0.4, 0.5) is 5.13 Å². The number of carbonyl (C=O) groups is 2. The van der Waals surface area contributed by atoms with Gasteiger partial charge in [-0.25, -0.2) is 0 Å². The van der Waals surface area contributed by atoms with Crippen LogP contribution < -0.4 is 10.1 Å². The van der Waals surface area contributed by atoms with Crippen molar-refractivity contribution in [3.8, 4) is 5.75 Å². The molecule has 0 unspecified atom stereocenters. The molecule has 1 aromatic heterocycles. The molecule has 2 aromatic rings. The predicted octanol–water partition coefficient (Wildman–Crippen LogP) is 2.29. The number of amides is 1. The molecule has 0 saturated carbocycles. The fourth-order valence-corrected chi connectivity index (χ4v) is 2.49.